The summed E-state index contributed by atoms with van der Waals surface area (Å²) in [6.45, 7) is 6.11. The molecule has 0 atom stereocenters. The molecule has 0 aliphatic rings. The fourth-order valence-corrected chi connectivity index (χ4v) is 3.39. The maximum atomic E-state index is 13.0. The third-order valence-electron chi connectivity index (χ3n) is 4.75. The minimum atomic E-state index is 0.0810. The summed E-state index contributed by atoms with van der Waals surface area (Å²) in [6.07, 6.45) is 1.96. The quantitative estimate of drug-likeness (QED) is 0.510. The van der Waals surface area contributed by atoms with Gasteiger partial charge in [-0.2, -0.15) is 10.4 Å². The number of ketones is 1. The van der Waals surface area contributed by atoms with Gasteiger partial charge in [0.2, 0.25) is 0 Å². The molecule has 0 radical (unpaired) electrons. The topological polar surface area (TPSA) is 58.7 Å². The summed E-state index contributed by atoms with van der Waals surface area (Å²) in [6, 6.07) is 19.8. The number of hydrogen-bond donors (Lipinski definition) is 0. The monoisotopic (exact) mass is 371 g/mol. The van der Waals surface area contributed by atoms with Crippen molar-refractivity contribution in [3.8, 4) is 17.3 Å². The van der Waals surface area contributed by atoms with Crippen molar-refractivity contribution in [2.45, 2.75) is 46.1 Å². The smallest absolute Gasteiger partial charge is 0.181 e. The highest BCUT2D eigenvalue weighted by atomic mass is 16.1. The van der Waals surface area contributed by atoms with Crippen molar-refractivity contribution in [3.05, 3.63) is 77.0 Å². The second-order valence-corrected chi connectivity index (χ2v) is 7.24. The number of hydrogen-bond acceptors (Lipinski definition) is 3. The molecule has 1 heterocycles. The average molecular weight is 371 g/mol. The number of carbonyl (C=O) groups excluding carboxylic acids is 1. The van der Waals surface area contributed by atoms with Crippen molar-refractivity contribution in [1.82, 2.24) is 9.78 Å². The molecule has 0 unspecified atom stereocenters. The van der Waals surface area contributed by atoms with E-state index in [2.05, 4.69) is 18.2 Å². The summed E-state index contributed by atoms with van der Waals surface area (Å²) in [5, 5.41) is 13.9. The van der Waals surface area contributed by atoms with Crippen molar-refractivity contribution < 1.29 is 4.79 Å². The van der Waals surface area contributed by atoms with Gasteiger partial charge in [0.15, 0.2) is 5.78 Å². The van der Waals surface area contributed by atoms with Crippen LogP contribution in [0.1, 0.15) is 66.8 Å². The van der Waals surface area contributed by atoms with Crippen molar-refractivity contribution in [1.29, 1.82) is 5.26 Å². The van der Waals surface area contributed by atoms with Gasteiger partial charge in [-0.05, 0) is 38.0 Å². The Morgan fingerprint density at radius 3 is 2.36 bits per heavy atom. The van der Waals surface area contributed by atoms with Gasteiger partial charge in [-0.15, -0.1) is 0 Å². The number of rotatable bonds is 7. The summed E-state index contributed by atoms with van der Waals surface area (Å²) >= 11 is 0. The Kier molecular flexibility index (Phi) is 6.06. The van der Waals surface area contributed by atoms with E-state index in [1.54, 1.807) is 12.1 Å². The average Bonchev–Trinajstić information content (AvgIpc) is 3.08. The molecule has 0 spiro atoms. The van der Waals surface area contributed by atoms with Gasteiger partial charge >= 0.3 is 0 Å². The van der Waals surface area contributed by atoms with Crippen molar-refractivity contribution in [3.63, 3.8) is 0 Å². The normalized spacial score (nSPS) is 10.8. The lowest BCUT2D eigenvalue weighted by Crippen LogP contribution is -2.14. The molecular formula is C24H25N3O. The lowest BCUT2D eigenvalue weighted by Gasteiger charge is -2.11. The van der Waals surface area contributed by atoms with Crippen LogP contribution in [0.15, 0.2) is 54.6 Å². The summed E-state index contributed by atoms with van der Waals surface area (Å²) in [5.74, 6) is 0.134. The molecule has 0 aliphatic carbocycles. The van der Waals surface area contributed by atoms with E-state index in [0.29, 0.717) is 24.1 Å². The second kappa shape index (κ2) is 8.67. The zero-order valence-electron chi connectivity index (χ0n) is 16.6. The highest BCUT2D eigenvalue weighted by molar-refractivity contribution is 5.97. The molecule has 142 valence electrons. The van der Waals surface area contributed by atoms with Gasteiger partial charge in [-0.1, -0.05) is 49.4 Å². The zero-order chi connectivity index (χ0) is 20.1. The highest BCUT2D eigenvalue weighted by Gasteiger charge is 2.25. The largest absolute Gasteiger partial charge is 0.292 e. The molecule has 3 aromatic rings. The number of aromatic nitrogens is 2. The molecule has 0 saturated heterocycles. The molecule has 0 amide bonds. The number of benzene rings is 2. The molecule has 0 saturated carbocycles. The SMILES string of the molecule is CCCC(=O)c1c(Cc2ccccc2)c(-c2ccc(C#N)cc2)nn1C(C)C. The van der Waals surface area contributed by atoms with E-state index in [1.165, 1.54) is 0 Å². The van der Waals surface area contributed by atoms with Gasteiger partial charge in [0.1, 0.15) is 5.69 Å². The molecule has 0 bridgehead atoms. The predicted octanol–water partition coefficient (Wildman–Crippen LogP) is 5.58. The maximum Gasteiger partial charge on any atom is 0.181 e. The lowest BCUT2D eigenvalue weighted by atomic mass is 9.96. The maximum absolute atomic E-state index is 13.0. The number of Topliss-reactive ketones (excluding diaryl/α,β-unsaturated/α-hetero) is 1. The van der Waals surface area contributed by atoms with Crippen LogP contribution >= 0.6 is 0 Å². The van der Waals surface area contributed by atoms with E-state index >= 15 is 0 Å². The molecule has 4 heteroatoms. The first-order valence-electron chi connectivity index (χ1n) is 9.74. The summed E-state index contributed by atoms with van der Waals surface area (Å²) in [7, 11) is 0. The first-order chi connectivity index (χ1) is 13.5. The van der Waals surface area contributed by atoms with Gasteiger partial charge in [-0.25, -0.2) is 0 Å². The van der Waals surface area contributed by atoms with Crippen molar-refractivity contribution in [2.24, 2.45) is 0 Å². The molecular weight excluding hydrogens is 346 g/mol. The van der Waals surface area contributed by atoms with Crippen LogP contribution in [0.25, 0.3) is 11.3 Å². The Balaban J connectivity index is 2.20. The highest BCUT2D eigenvalue weighted by Crippen LogP contribution is 2.31. The Morgan fingerprint density at radius 1 is 1.11 bits per heavy atom. The number of carbonyl (C=O) groups is 1. The molecule has 4 nitrogen and oxygen atoms in total. The molecule has 0 N–H and O–H groups in total. The van der Waals surface area contributed by atoms with E-state index in [0.717, 1.165) is 28.8 Å². The fourth-order valence-electron chi connectivity index (χ4n) is 3.39. The van der Waals surface area contributed by atoms with Crippen LogP contribution in [0.4, 0.5) is 0 Å². The summed E-state index contributed by atoms with van der Waals surface area (Å²) < 4.78 is 1.86. The predicted molar refractivity (Wildman–Crippen MR) is 111 cm³/mol. The van der Waals surface area contributed by atoms with Crippen LogP contribution in [0.5, 0.6) is 0 Å². The Morgan fingerprint density at radius 2 is 1.79 bits per heavy atom. The van der Waals surface area contributed by atoms with Gasteiger partial charge in [-0.3, -0.25) is 9.48 Å². The van der Waals surface area contributed by atoms with E-state index in [1.807, 2.05) is 55.8 Å². The minimum Gasteiger partial charge on any atom is -0.292 e. The molecule has 3 rings (SSSR count). The zero-order valence-corrected chi connectivity index (χ0v) is 16.6. The van der Waals surface area contributed by atoms with Crippen LogP contribution in [-0.4, -0.2) is 15.6 Å². The number of nitrogens with zero attached hydrogens (tertiary/aromatic N) is 3. The molecule has 0 aliphatic heterocycles. The van der Waals surface area contributed by atoms with Gasteiger partial charge in [0.25, 0.3) is 0 Å². The molecule has 28 heavy (non-hydrogen) atoms. The lowest BCUT2D eigenvalue weighted by molar-refractivity contribution is 0.0968. The van der Waals surface area contributed by atoms with E-state index in [-0.39, 0.29) is 11.8 Å². The van der Waals surface area contributed by atoms with Gasteiger partial charge in [0, 0.05) is 30.0 Å². The summed E-state index contributed by atoms with van der Waals surface area (Å²) in [4.78, 5) is 13.0. The van der Waals surface area contributed by atoms with Crippen LogP contribution in [-0.2, 0) is 6.42 Å². The van der Waals surface area contributed by atoms with Crippen LogP contribution in [0, 0.1) is 11.3 Å². The Bertz CT molecular complexity index is 993. The Hall–Kier alpha value is -3.19. The van der Waals surface area contributed by atoms with Crippen molar-refractivity contribution in [2.75, 3.05) is 0 Å². The van der Waals surface area contributed by atoms with Gasteiger partial charge in [0.05, 0.1) is 17.3 Å². The van der Waals surface area contributed by atoms with E-state index in [4.69, 9.17) is 10.4 Å². The van der Waals surface area contributed by atoms with Crippen LogP contribution in [0.3, 0.4) is 0 Å². The van der Waals surface area contributed by atoms with E-state index < -0.39 is 0 Å². The van der Waals surface area contributed by atoms with Crippen molar-refractivity contribution >= 4 is 5.78 Å². The molecule has 2 aromatic carbocycles. The second-order valence-electron chi connectivity index (χ2n) is 7.24. The van der Waals surface area contributed by atoms with Crippen LogP contribution in [0.2, 0.25) is 0 Å². The third-order valence-corrected chi connectivity index (χ3v) is 4.75. The fraction of sp³-hybridized carbons (Fsp3) is 0.292. The third kappa shape index (κ3) is 4.04. The Labute approximate surface area is 166 Å². The molecule has 0 fully saturated rings. The first kappa shape index (κ1) is 19.6. The van der Waals surface area contributed by atoms with E-state index in [9.17, 15) is 4.79 Å². The van der Waals surface area contributed by atoms with Crippen LogP contribution < -0.4 is 0 Å². The number of nitriles is 1. The standard InChI is InChI=1S/C24H25N3O/c1-4-8-22(28)24-21(15-18-9-6-5-7-10-18)23(26-27(24)17(2)3)20-13-11-19(16-25)12-14-20/h5-7,9-14,17H,4,8,15H2,1-3H3. The first-order valence-corrected chi connectivity index (χ1v) is 9.74. The van der Waals surface area contributed by atoms with Gasteiger partial charge < -0.3 is 0 Å². The minimum absolute atomic E-state index is 0.0810. The molecule has 1 aromatic heterocycles. The summed E-state index contributed by atoms with van der Waals surface area (Å²) in [5.41, 5.74) is 5.17.